The summed E-state index contributed by atoms with van der Waals surface area (Å²) >= 11 is 3.53. The van der Waals surface area contributed by atoms with Gasteiger partial charge in [-0.3, -0.25) is 4.79 Å². The zero-order valence-corrected chi connectivity index (χ0v) is 13.8. The van der Waals surface area contributed by atoms with Gasteiger partial charge in [0.2, 0.25) is 0 Å². The molecule has 1 unspecified atom stereocenters. The van der Waals surface area contributed by atoms with Crippen LogP contribution in [0.3, 0.4) is 0 Å². The molecule has 3 nitrogen and oxygen atoms in total. The van der Waals surface area contributed by atoms with E-state index < -0.39 is 0 Å². The average molecular weight is 340 g/mol. The van der Waals surface area contributed by atoms with Crippen LogP contribution in [0.2, 0.25) is 0 Å². The van der Waals surface area contributed by atoms with E-state index in [1.165, 1.54) is 0 Å². The second-order valence-electron chi connectivity index (χ2n) is 5.51. The van der Waals surface area contributed by atoms with Crippen LogP contribution in [0.5, 0.6) is 5.75 Å². The number of benzene rings is 1. The first kappa shape index (κ1) is 15.5. The number of hydrogen-bond donors (Lipinski definition) is 1. The summed E-state index contributed by atoms with van der Waals surface area (Å²) in [4.78, 5) is 12.8. The third kappa shape index (κ3) is 3.23. The van der Waals surface area contributed by atoms with Gasteiger partial charge >= 0.3 is 0 Å². The number of nitrogens with one attached hydrogen (secondary N) is 1. The normalized spacial score (nSPS) is 21.9. The number of carbonyl (C=O) groups excluding carboxylic acids is 1. The van der Waals surface area contributed by atoms with E-state index in [0.29, 0.717) is 12.2 Å². The minimum Gasteiger partial charge on any atom is -0.497 e. The first-order chi connectivity index (χ1) is 9.61. The van der Waals surface area contributed by atoms with Crippen molar-refractivity contribution in [3.63, 3.8) is 0 Å². The minimum atomic E-state index is -0.169. The maximum atomic E-state index is 12.8. The van der Waals surface area contributed by atoms with Gasteiger partial charge in [0.25, 0.3) is 0 Å². The van der Waals surface area contributed by atoms with Crippen LogP contribution >= 0.6 is 15.9 Å². The highest BCUT2D eigenvalue weighted by Crippen LogP contribution is 2.34. The van der Waals surface area contributed by atoms with Crippen molar-refractivity contribution < 1.29 is 9.53 Å². The van der Waals surface area contributed by atoms with Crippen molar-refractivity contribution in [1.29, 1.82) is 0 Å². The molecule has 0 aliphatic carbocycles. The summed E-state index contributed by atoms with van der Waals surface area (Å²) in [5.74, 6) is 1.14. The molecule has 4 heteroatoms. The zero-order valence-electron chi connectivity index (χ0n) is 12.2. The van der Waals surface area contributed by atoms with Crippen LogP contribution in [0.15, 0.2) is 22.7 Å². The van der Waals surface area contributed by atoms with Crippen LogP contribution < -0.4 is 10.1 Å². The van der Waals surface area contributed by atoms with Gasteiger partial charge in [-0.2, -0.15) is 0 Å². The summed E-state index contributed by atoms with van der Waals surface area (Å²) in [6, 6.07) is 5.79. The number of carbonyl (C=O) groups is 1. The maximum absolute atomic E-state index is 12.8. The molecule has 2 rings (SSSR count). The van der Waals surface area contributed by atoms with E-state index in [1.807, 2.05) is 18.2 Å². The molecule has 1 aromatic carbocycles. The summed E-state index contributed by atoms with van der Waals surface area (Å²) in [6.45, 7) is 3.92. The van der Waals surface area contributed by atoms with Crippen LogP contribution in [0.4, 0.5) is 0 Å². The predicted octanol–water partition coefficient (Wildman–Crippen LogP) is 3.35. The highest BCUT2D eigenvalue weighted by molar-refractivity contribution is 9.10. The lowest BCUT2D eigenvalue weighted by Gasteiger charge is -2.26. The lowest BCUT2D eigenvalue weighted by molar-refractivity contribution is -0.127. The number of rotatable bonds is 6. The van der Waals surface area contributed by atoms with E-state index in [2.05, 4.69) is 28.2 Å². The Morgan fingerprint density at radius 2 is 2.30 bits per heavy atom. The van der Waals surface area contributed by atoms with Crippen molar-refractivity contribution in [1.82, 2.24) is 5.32 Å². The van der Waals surface area contributed by atoms with E-state index in [4.69, 9.17) is 4.74 Å². The van der Waals surface area contributed by atoms with E-state index >= 15 is 0 Å². The Labute approximate surface area is 129 Å². The van der Waals surface area contributed by atoms with Crippen LogP contribution in [-0.2, 0) is 11.2 Å². The van der Waals surface area contributed by atoms with Crippen LogP contribution in [0.25, 0.3) is 0 Å². The highest BCUT2D eigenvalue weighted by atomic mass is 79.9. The molecule has 0 amide bonds. The van der Waals surface area contributed by atoms with Gasteiger partial charge in [-0.05, 0) is 43.1 Å². The molecule has 0 aromatic heterocycles. The fourth-order valence-electron chi connectivity index (χ4n) is 2.99. The van der Waals surface area contributed by atoms with Gasteiger partial charge in [0.1, 0.15) is 11.5 Å². The Kier molecular flexibility index (Phi) is 5.22. The van der Waals surface area contributed by atoms with Crippen LogP contribution in [-0.4, -0.2) is 26.0 Å². The molecule has 0 saturated carbocycles. The largest absolute Gasteiger partial charge is 0.497 e. The third-order valence-electron chi connectivity index (χ3n) is 4.17. The fourth-order valence-corrected chi connectivity index (χ4v) is 3.37. The van der Waals surface area contributed by atoms with Gasteiger partial charge in [0.05, 0.1) is 7.11 Å². The van der Waals surface area contributed by atoms with Crippen molar-refractivity contribution >= 4 is 21.7 Å². The van der Waals surface area contributed by atoms with Gasteiger partial charge in [0.15, 0.2) is 0 Å². The molecule has 1 atom stereocenters. The molecule has 1 saturated heterocycles. The van der Waals surface area contributed by atoms with E-state index in [-0.39, 0.29) is 5.41 Å². The SMILES string of the molecule is CCCC1(C(=O)Cc2cc(OC)ccc2Br)CCNC1. The monoisotopic (exact) mass is 339 g/mol. The topological polar surface area (TPSA) is 38.3 Å². The second kappa shape index (κ2) is 6.72. The Morgan fingerprint density at radius 1 is 1.50 bits per heavy atom. The Morgan fingerprint density at radius 3 is 2.90 bits per heavy atom. The molecule has 20 heavy (non-hydrogen) atoms. The lowest BCUT2D eigenvalue weighted by atomic mass is 9.76. The number of hydrogen-bond acceptors (Lipinski definition) is 3. The first-order valence-corrected chi connectivity index (χ1v) is 7.97. The van der Waals surface area contributed by atoms with Crippen molar-refractivity contribution in [2.45, 2.75) is 32.6 Å². The van der Waals surface area contributed by atoms with Crippen LogP contribution in [0, 0.1) is 5.41 Å². The number of Topliss-reactive ketones (excluding diaryl/α,β-unsaturated/α-hetero) is 1. The summed E-state index contributed by atoms with van der Waals surface area (Å²) < 4.78 is 6.22. The number of methoxy groups -OCH3 is 1. The molecule has 0 radical (unpaired) electrons. The number of halogens is 1. The number of ether oxygens (including phenoxy) is 1. The molecule has 1 N–H and O–H groups in total. The van der Waals surface area contributed by atoms with E-state index in [9.17, 15) is 4.79 Å². The molecule has 1 aliphatic rings. The fraction of sp³-hybridized carbons (Fsp3) is 0.562. The maximum Gasteiger partial charge on any atom is 0.144 e. The Balaban J connectivity index is 2.18. The quantitative estimate of drug-likeness (QED) is 0.863. The predicted molar refractivity (Wildman–Crippen MR) is 84.2 cm³/mol. The molecule has 1 aromatic rings. The van der Waals surface area contributed by atoms with Gasteiger partial charge in [-0.25, -0.2) is 0 Å². The average Bonchev–Trinajstić information content (AvgIpc) is 2.91. The highest BCUT2D eigenvalue weighted by Gasteiger charge is 2.39. The molecule has 1 aliphatic heterocycles. The van der Waals surface area contributed by atoms with Crippen LogP contribution in [0.1, 0.15) is 31.7 Å². The van der Waals surface area contributed by atoms with E-state index in [0.717, 1.165) is 48.1 Å². The van der Waals surface area contributed by atoms with Crippen molar-refractivity contribution in [3.05, 3.63) is 28.2 Å². The summed E-state index contributed by atoms with van der Waals surface area (Å²) in [6.07, 6.45) is 3.45. The molecular formula is C16H22BrNO2. The smallest absolute Gasteiger partial charge is 0.144 e. The first-order valence-electron chi connectivity index (χ1n) is 7.18. The van der Waals surface area contributed by atoms with E-state index in [1.54, 1.807) is 7.11 Å². The molecule has 0 spiro atoms. The molecular weight excluding hydrogens is 318 g/mol. The summed E-state index contributed by atoms with van der Waals surface area (Å²) in [5, 5.41) is 3.34. The second-order valence-corrected chi connectivity index (χ2v) is 6.37. The Bertz CT molecular complexity index is 481. The summed E-state index contributed by atoms with van der Waals surface area (Å²) in [7, 11) is 1.65. The van der Waals surface area contributed by atoms with Gasteiger partial charge in [0, 0.05) is 22.9 Å². The zero-order chi connectivity index (χ0) is 14.6. The lowest BCUT2D eigenvalue weighted by Crippen LogP contribution is -2.34. The standard InChI is InChI=1S/C16H22BrNO2/c1-3-6-16(7-8-18-11-16)15(19)10-12-9-13(20-2)4-5-14(12)17/h4-5,9,18H,3,6-8,10-11H2,1-2H3. The van der Waals surface area contributed by atoms with Gasteiger partial charge in [-0.1, -0.05) is 29.3 Å². The van der Waals surface area contributed by atoms with Crippen molar-refractivity contribution in [3.8, 4) is 5.75 Å². The molecule has 0 bridgehead atoms. The Hall–Kier alpha value is -0.870. The van der Waals surface area contributed by atoms with Crippen molar-refractivity contribution in [2.24, 2.45) is 5.41 Å². The van der Waals surface area contributed by atoms with Gasteiger partial charge < -0.3 is 10.1 Å². The third-order valence-corrected chi connectivity index (χ3v) is 4.94. The number of ketones is 1. The molecule has 1 fully saturated rings. The molecule has 110 valence electrons. The minimum absolute atomic E-state index is 0.169. The van der Waals surface area contributed by atoms with Gasteiger partial charge in [-0.15, -0.1) is 0 Å². The molecule has 1 heterocycles. The summed E-state index contributed by atoms with van der Waals surface area (Å²) in [5.41, 5.74) is 0.841. The van der Waals surface area contributed by atoms with Crippen molar-refractivity contribution in [2.75, 3.05) is 20.2 Å².